The number of nitrogens with zero attached hydrogens (tertiary/aromatic N) is 1. The van der Waals surface area contributed by atoms with E-state index in [1.54, 1.807) is 54.6 Å². The van der Waals surface area contributed by atoms with E-state index in [0.717, 1.165) is 11.1 Å². The van der Waals surface area contributed by atoms with Crippen LogP contribution in [0.4, 0.5) is 5.69 Å². The van der Waals surface area contributed by atoms with Gasteiger partial charge in [-0.15, -0.1) is 0 Å². The van der Waals surface area contributed by atoms with Crippen molar-refractivity contribution in [2.45, 2.75) is 26.0 Å². The van der Waals surface area contributed by atoms with Crippen LogP contribution in [0.25, 0.3) is 0 Å². The lowest BCUT2D eigenvalue weighted by atomic mass is 10.1. The molecule has 0 saturated carbocycles. The highest BCUT2D eigenvalue weighted by atomic mass is 79.9. The van der Waals surface area contributed by atoms with E-state index in [-0.39, 0.29) is 24.9 Å². The van der Waals surface area contributed by atoms with Crippen LogP contribution < -0.4 is 21.1 Å². The Kier molecular flexibility index (Phi) is 8.82. The molecule has 2 amide bonds. The molecule has 0 heterocycles. The number of halogens is 1. The summed E-state index contributed by atoms with van der Waals surface area (Å²) in [6.45, 7) is 1.74. The number of aliphatic hydroxyl groups excluding tert-OH is 1. The molecule has 0 aromatic heterocycles. The molecule has 0 fully saturated rings. The van der Waals surface area contributed by atoms with E-state index in [1.165, 1.54) is 0 Å². The second-order valence-corrected chi connectivity index (χ2v) is 8.53. The number of nitrogens with one attached hydrogen (secondary N) is 2. The summed E-state index contributed by atoms with van der Waals surface area (Å²) in [6, 6.07) is 18.6. The standard InChI is InChI=1S/C25H25BrN4O5/c1-15(18-7-10-22(21(26)12-18)35-20-4-2-3-16(11-20)14-31)28-23(32)13-24(33)29-19-8-5-17(6-9-19)25(27)30-34/h2-12,15,31,34H,13-14H2,1H3,(H2,27,30)(H,28,32)(H,29,33). The van der Waals surface area contributed by atoms with Crippen LogP contribution in [0.15, 0.2) is 76.4 Å². The number of carbonyl (C=O) groups excluding carboxylic acids is 2. The van der Waals surface area contributed by atoms with Crippen molar-refractivity contribution in [1.82, 2.24) is 5.32 Å². The number of anilines is 1. The van der Waals surface area contributed by atoms with Gasteiger partial charge in [0.2, 0.25) is 11.8 Å². The fraction of sp³-hybridized carbons (Fsp3) is 0.160. The van der Waals surface area contributed by atoms with E-state index in [9.17, 15) is 14.7 Å². The van der Waals surface area contributed by atoms with Gasteiger partial charge in [-0.25, -0.2) is 0 Å². The average Bonchev–Trinajstić information content (AvgIpc) is 2.85. The number of ether oxygens (including phenoxy) is 1. The molecule has 0 saturated heterocycles. The zero-order chi connectivity index (χ0) is 25.4. The van der Waals surface area contributed by atoms with Gasteiger partial charge in [0, 0.05) is 11.3 Å². The number of hydrogen-bond donors (Lipinski definition) is 5. The number of oxime groups is 1. The first-order valence-electron chi connectivity index (χ1n) is 10.6. The second-order valence-electron chi connectivity index (χ2n) is 7.67. The van der Waals surface area contributed by atoms with Crippen molar-refractivity contribution >= 4 is 39.3 Å². The molecule has 0 spiro atoms. The molecular weight excluding hydrogens is 516 g/mol. The minimum Gasteiger partial charge on any atom is -0.456 e. The van der Waals surface area contributed by atoms with Crippen LogP contribution in [-0.4, -0.2) is 28.0 Å². The van der Waals surface area contributed by atoms with Crippen molar-refractivity contribution < 1.29 is 24.6 Å². The lowest BCUT2D eigenvalue weighted by Crippen LogP contribution is -2.30. The normalized spacial score (nSPS) is 12.0. The molecule has 182 valence electrons. The van der Waals surface area contributed by atoms with E-state index in [0.29, 0.717) is 27.2 Å². The van der Waals surface area contributed by atoms with Crippen LogP contribution in [0, 0.1) is 0 Å². The number of rotatable bonds is 9. The third-order valence-electron chi connectivity index (χ3n) is 5.04. The molecule has 3 aromatic carbocycles. The van der Waals surface area contributed by atoms with Crippen molar-refractivity contribution in [3.63, 3.8) is 0 Å². The predicted molar refractivity (Wildman–Crippen MR) is 135 cm³/mol. The third kappa shape index (κ3) is 7.29. The van der Waals surface area contributed by atoms with Gasteiger partial charge in [-0.05, 0) is 82.5 Å². The second kappa shape index (κ2) is 12.0. The van der Waals surface area contributed by atoms with Gasteiger partial charge in [0.05, 0.1) is 17.1 Å². The van der Waals surface area contributed by atoms with Gasteiger partial charge in [-0.2, -0.15) is 0 Å². The smallest absolute Gasteiger partial charge is 0.233 e. The summed E-state index contributed by atoms with van der Waals surface area (Å²) in [4.78, 5) is 24.6. The molecule has 10 heteroatoms. The van der Waals surface area contributed by atoms with Crippen LogP contribution in [0.2, 0.25) is 0 Å². The van der Waals surface area contributed by atoms with Crippen molar-refractivity contribution in [2.75, 3.05) is 5.32 Å². The van der Waals surface area contributed by atoms with Gasteiger partial charge < -0.3 is 31.4 Å². The SMILES string of the molecule is CC(NC(=O)CC(=O)Nc1ccc(C(N)=NO)cc1)c1ccc(Oc2cccc(CO)c2)c(Br)c1. The molecule has 0 aliphatic carbocycles. The Morgan fingerprint density at radius 1 is 1.09 bits per heavy atom. The number of carbonyl (C=O) groups is 2. The van der Waals surface area contributed by atoms with Crippen LogP contribution in [0.3, 0.4) is 0 Å². The highest BCUT2D eigenvalue weighted by Gasteiger charge is 2.15. The molecule has 0 aliphatic heterocycles. The summed E-state index contributed by atoms with van der Waals surface area (Å²) < 4.78 is 6.57. The zero-order valence-corrected chi connectivity index (χ0v) is 20.5. The Morgan fingerprint density at radius 3 is 2.49 bits per heavy atom. The molecule has 35 heavy (non-hydrogen) atoms. The number of amides is 2. The van der Waals surface area contributed by atoms with Crippen molar-refractivity contribution in [1.29, 1.82) is 0 Å². The Balaban J connectivity index is 1.54. The van der Waals surface area contributed by atoms with E-state index >= 15 is 0 Å². The number of aliphatic hydroxyl groups is 1. The van der Waals surface area contributed by atoms with Crippen molar-refractivity contribution in [2.24, 2.45) is 10.9 Å². The third-order valence-corrected chi connectivity index (χ3v) is 5.66. The quantitative estimate of drug-likeness (QED) is 0.0909. The minimum atomic E-state index is -0.471. The Bertz CT molecular complexity index is 1230. The van der Waals surface area contributed by atoms with Gasteiger partial charge in [0.1, 0.15) is 17.9 Å². The largest absolute Gasteiger partial charge is 0.456 e. The fourth-order valence-electron chi connectivity index (χ4n) is 3.21. The monoisotopic (exact) mass is 540 g/mol. The molecule has 0 aliphatic rings. The number of amidine groups is 1. The maximum absolute atomic E-state index is 12.4. The topological polar surface area (TPSA) is 146 Å². The molecule has 0 radical (unpaired) electrons. The molecule has 1 unspecified atom stereocenters. The van der Waals surface area contributed by atoms with Crippen molar-refractivity contribution in [3.05, 3.63) is 87.9 Å². The summed E-state index contributed by atoms with van der Waals surface area (Å²) in [5.41, 5.74) is 8.05. The lowest BCUT2D eigenvalue weighted by molar-refractivity contribution is -0.127. The Hall–Kier alpha value is -3.89. The molecule has 3 rings (SSSR count). The van der Waals surface area contributed by atoms with E-state index in [1.807, 2.05) is 19.1 Å². The van der Waals surface area contributed by atoms with Gasteiger partial charge in [-0.3, -0.25) is 9.59 Å². The molecule has 1 atom stereocenters. The van der Waals surface area contributed by atoms with Crippen LogP contribution in [-0.2, 0) is 16.2 Å². The maximum atomic E-state index is 12.4. The summed E-state index contributed by atoms with van der Waals surface area (Å²) in [7, 11) is 0. The Morgan fingerprint density at radius 2 is 1.83 bits per heavy atom. The van der Waals surface area contributed by atoms with Gasteiger partial charge in [-0.1, -0.05) is 23.4 Å². The first-order valence-corrected chi connectivity index (χ1v) is 11.4. The first kappa shape index (κ1) is 25.7. The summed E-state index contributed by atoms with van der Waals surface area (Å²) in [5.74, 6) is 0.233. The molecule has 9 nitrogen and oxygen atoms in total. The number of hydrogen-bond acceptors (Lipinski definition) is 6. The van der Waals surface area contributed by atoms with Crippen LogP contribution in [0.5, 0.6) is 11.5 Å². The zero-order valence-electron chi connectivity index (χ0n) is 18.9. The number of benzene rings is 3. The average molecular weight is 541 g/mol. The first-order chi connectivity index (χ1) is 16.8. The highest BCUT2D eigenvalue weighted by Crippen LogP contribution is 2.32. The summed E-state index contributed by atoms with van der Waals surface area (Å²) in [6.07, 6.45) is -0.351. The minimum absolute atomic E-state index is 0.0432. The van der Waals surface area contributed by atoms with Gasteiger partial charge in [0.25, 0.3) is 0 Å². The Labute approximate surface area is 210 Å². The highest BCUT2D eigenvalue weighted by molar-refractivity contribution is 9.10. The predicted octanol–water partition coefficient (Wildman–Crippen LogP) is 4.03. The molecule has 6 N–H and O–H groups in total. The molecule has 3 aromatic rings. The molecular formula is C25H25BrN4O5. The summed E-state index contributed by atoms with van der Waals surface area (Å²) in [5, 5.41) is 26.3. The van der Waals surface area contributed by atoms with E-state index < -0.39 is 11.8 Å². The fourth-order valence-corrected chi connectivity index (χ4v) is 3.69. The number of nitrogens with two attached hydrogens (primary N) is 1. The van der Waals surface area contributed by atoms with E-state index in [2.05, 4.69) is 31.7 Å². The van der Waals surface area contributed by atoms with E-state index in [4.69, 9.17) is 15.7 Å². The maximum Gasteiger partial charge on any atom is 0.233 e. The van der Waals surface area contributed by atoms with Gasteiger partial charge >= 0.3 is 0 Å². The van der Waals surface area contributed by atoms with Crippen LogP contribution >= 0.6 is 15.9 Å². The summed E-state index contributed by atoms with van der Waals surface area (Å²) >= 11 is 3.49. The van der Waals surface area contributed by atoms with Gasteiger partial charge in [0.15, 0.2) is 5.84 Å². The lowest BCUT2D eigenvalue weighted by Gasteiger charge is -2.16. The van der Waals surface area contributed by atoms with Crippen molar-refractivity contribution in [3.8, 4) is 11.5 Å². The van der Waals surface area contributed by atoms with Crippen LogP contribution in [0.1, 0.15) is 36.1 Å². The molecule has 0 bridgehead atoms.